The number of halogens is 1. The van der Waals surface area contributed by atoms with Gasteiger partial charge in [0.15, 0.2) is 5.96 Å². The van der Waals surface area contributed by atoms with E-state index in [0.717, 1.165) is 44.5 Å². The van der Waals surface area contributed by atoms with Crippen LogP contribution in [-0.4, -0.2) is 54.0 Å². The van der Waals surface area contributed by atoms with Gasteiger partial charge in [-0.05, 0) is 36.6 Å². The van der Waals surface area contributed by atoms with Crippen molar-refractivity contribution in [3.05, 3.63) is 48.3 Å². The molecule has 140 valence electrons. The van der Waals surface area contributed by atoms with Crippen molar-refractivity contribution in [2.24, 2.45) is 10.4 Å². The van der Waals surface area contributed by atoms with E-state index in [4.69, 9.17) is 4.74 Å². The monoisotopic (exact) mass is 467 g/mol. The van der Waals surface area contributed by atoms with Crippen molar-refractivity contribution < 1.29 is 4.74 Å². The number of aromatic nitrogens is 2. The first-order valence-corrected chi connectivity index (χ1v) is 8.90. The smallest absolute Gasteiger partial charge is 0.193 e. The predicted molar refractivity (Wildman–Crippen MR) is 113 cm³/mol. The number of aliphatic imine (C=N–C) groups is 1. The topological polar surface area (TPSA) is 54.7 Å². The highest BCUT2D eigenvalue weighted by atomic mass is 127. The molecule has 2 aromatic rings. The van der Waals surface area contributed by atoms with Crippen LogP contribution in [0.15, 0.2) is 47.7 Å². The lowest BCUT2D eigenvalue weighted by Gasteiger charge is -2.25. The molecule has 0 saturated carbocycles. The SMILES string of the molecule is CN=C(NCc1ccc(-n2cccn2)cc1)N1CCC2(CCOC2)C1.I. The Labute approximate surface area is 171 Å². The van der Waals surface area contributed by atoms with Gasteiger partial charge in [0, 0.05) is 51.1 Å². The molecule has 3 heterocycles. The zero-order valence-electron chi connectivity index (χ0n) is 15.1. The molecule has 2 fully saturated rings. The second-order valence-electron chi connectivity index (χ2n) is 6.99. The normalized spacial score (nSPS) is 22.7. The maximum atomic E-state index is 5.62. The van der Waals surface area contributed by atoms with Crippen molar-refractivity contribution in [3.63, 3.8) is 0 Å². The quantitative estimate of drug-likeness (QED) is 0.429. The van der Waals surface area contributed by atoms with Crippen molar-refractivity contribution in [2.45, 2.75) is 19.4 Å². The molecule has 1 N–H and O–H groups in total. The molecule has 2 saturated heterocycles. The van der Waals surface area contributed by atoms with E-state index in [0.29, 0.717) is 5.41 Å². The Morgan fingerprint density at radius 1 is 1.31 bits per heavy atom. The molecule has 0 aliphatic carbocycles. The van der Waals surface area contributed by atoms with E-state index in [-0.39, 0.29) is 24.0 Å². The Morgan fingerprint density at radius 3 is 2.81 bits per heavy atom. The summed E-state index contributed by atoms with van der Waals surface area (Å²) in [6.07, 6.45) is 6.12. The molecule has 2 aliphatic heterocycles. The average Bonchev–Trinajstić information content (AvgIpc) is 3.40. The van der Waals surface area contributed by atoms with Crippen molar-refractivity contribution in [3.8, 4) is 5.69 Å². The molecule has 1 atom stereocenters. The van der Waals surface area contributed by atoms with Crippen LogP contribution < -0.4 is 5.32 Å². The Morgan fingerprint density at radius 2 is 2.15 bits per heavy atom. The fourth-order valence-corrected chi connectivity index (χ4v) is 3.79. The summed E-state index contributed by atoms with van der Waals surface area (Å²) in [4.78, 5) is 6.84. The van der Waals surface area contributed by atoms with Gasteiger partial charge in [-0.1, -0.05) is 12.1 Å². The Hall–Kier alpha value is -1.61. The van der Waals surface area contributed by atoms with Crippen LogP contribution >= 0.6 is 24.0 Å². The van der Waals surface area contributed by atoms with Crippen molar-refractivity contribution in [1.29, 1.82) is 0 Å². The highest BCUT2D eigenvalue weighted by Crippen LogP contribution is 2.38. The summed E-state index contributed by atoms with van der Waals surface area (Å²) in [6.45, 7) is 4.68. The second-order valence-corrected chi connectivity index (χ2v) is 6.99. The first kappa shape index (κ1) is 19.2. The highest BCUT2D eigenvalue weighted by molar-refractivity contribution is 14.0. The number of guanidine groups is 1. The van der Waals surface area contributed by atoms with E-state index < -0.39 is 0 Å². The molecule has 2 aliphatic rings. The van der Waals surface area contributed by atoms with Gasteiger partial charge in [0.05, 0.1) is 12.3 Å². The number of hydrogen-bond acceptors (Lipinski definition) is 3. The minimum absolute atomic E-state index is 0. The van der Waals surface area contributed by atoms with Crippen LogP contribution in [0.1, 0.15) is 18.4 Å². The number of hydrogen-bond donors (Lipinski definition) is 1. The number of benzene rings is 1. The van der Waals surface area contributed by atoms with E-state index in [1.54, 1.807) is 6.20 Å². The third kappa shape index (κ3) is 4.03. The van der Waals surface area contributed by atoms with Gasteiger partial charge in [0.1, 0.15) is 0 Å². The Balaban J connectivity index is 0.00000196. The van der Waals surface area contributed by atoms with Crippen LogP contribution in [-0.2, 0) is 11.3 Å². The number of rotatable bonds is 3. The maximum absolute atomic E-state index is 5.62. The van der Waals surface area contributed by atoms with Gasteiger partial charge in [0.2, 0.25) is 0 Å². The summed E-state index contributed by atoms with van der Waals surface area (Å²) < 4.78 is 7.49. The third-order valence-corrected chi connectivity index (χ3v) is 5.29. The fourth-order valence-electron chi connectivity index (χ4n) is 3.79. The summed E-state index contributed by atoms with van der Waals surface area (Å²) in [5.74, 6) is 0.986. The molecule has 0 radical (unpaired) electrons. The summed E-state index contributed by atoms with van der Waals surface area (Å²) in [6, 6.07) is 10.4. The summed E-state index contributed by atoms with van der Waals surface area (Å²) in [5, 5.41) is 7.76. The zero-order valence-corrected chi connectivity index (χ0v) is 17.4. The second kappa shape index (κ2) is 8.39. The van der Waals surface area contributed by atoms with E-state index in [2.05, 4.69) is 44.6 Å². The zero-order chi connectivity index (χ0) is 17.1. The number of likely N-dealkylation sites (tertiary alicyclic amines) is 1. The van der Waals surface area contributed by atoms with Crippen molar-refractivity contribution in [1.82, 2.24) is 20.0 Å². The van der Waals surface area contributed by atoms with E-state index in [1.165, 1.54) is 18.4 Å². The van der Waals surface area contributed by atoms with E-state index in [9.17, 15) is 0 Å². The molecule has 1 aromatic carbocycles. The van der Waals surface area contributed by atoms with Crippen molar-refractivity contribution >= 4 is 29.9 Å². The van der Waals surface area contributed by atoms with Crippen LogP contribution in [0.4, 0.5) is 0 Å². The van der Waals surface area contributed by atoms with Crippen LogP contribution in [0.2, 0.25) is 0 Å². The summed E-state index contributed by atoms with van der Waals surface area (Å²) in [7, 11) is 1.86. The lowest BCUT2D eigenvalue weighted by molar-refractivity contribution is 0.156. The molecular weight excluding hydrogens is 441 g/mol. The molecule has 1 unspecified atom stereocenters. The molecule has 4 rings (SSSR count). The van der Waals surface area contributed by atoms with Crippen LogP contribution in [0, 0.1) is 5.41 Å². The predicted octanol–water partition coefficient (Wildman–Crippen LogP) is 2.68. The fraction of sp³-hybridized carbons (Fsp3) is 0.474. The lowest BCUT2D eigenvalue weighted by Crippen LogP contribution is -2.41. The standard InChI is InChI=1S/C19H25N5O.HI/c1-20-18(23-11-7-19(14-23)8-12-25-15-19)21-13-16-3-5-17(6-4-16)24-10-2-9-22-24;/h2-6,9-10H,7-8,11-15H2,1H3,(H,20,21);1H. The summed E-state index contributed by atoms with van der Waals surface area (Å²) in [5.41, 5.74) is 2.65. The van der Waals surface area contributed by atoms with Gasteiger partial charge in [0.25, 0.3) is 0 Å². The van der Waals surface area contributed by atoms with Gasteiger partial charge in [-0.2, -0.15) is 5.10 Å². The first-order valence-electron chi connectivity index (χ1n) is 8.90. The molecule has 0 amide bonds. The Bertz CT molecular complexity index is 723. The molecule has 1 spiro atoms. The molecule has 1 aromatic heterocycles. The third-order valence-electron chi connectivity index (χ3n) is 5.29. The number of ether oxygens (including phenoxy) is 1. The minimum atomic E-state index is 0. The van der Waals surface area contributed by atoms with Crippen LogP contribution in [0.5, 0.6) is 0 Å². The lowest BCUT2D eigenvalue weighted by atomic mass is 9.87. The molecule has 7 heteroatoms. The Kier molecular flexibility index (Phi) is 6.18. The van der Waals surface area contributed by atoms with Gasteiger partial charge < -0.3 is 15.0 Å². The largest absolute Gasteiger partial charge is 0.381 e. The highest BCUT2D eigenvalue weighted by Gasteiger charge is 2.42. The average molecular weight is 467 g/mol. The van der Waals surface area contributed by atoms with Gasteiger partial charge >= 0.3 is 0 Å². The van der Waals surface area contributed by atoms with Crippen LogP contribution in [0.3, 0.4) is 0 Å². The number of nitrogens with zero attached hydrogens (tertiary/aromatic N) is 4. The molecule has 0 bridgehead atoms. The van der Waals surface area contributed by atoms with Crippen LogP contribution in [0.25, 0.3) is 5.69 Å². The molecule has 26 heavy (non-hydrogen) atoms. The van der Waals surface area contributed by atoms with E-state index >= 15 is 0 Å². The van der Waals surface area contributed by atoms with Gasteiger partial charge in [-0.25, -0.2) is 4.68 Å². The summed E-state index contributed by atoms with van der Waals surface area (Å²) >= 11 is 0. The van der Waals surface area contributed by atoms with Gasteiger partial charge in [-0.3, -0.25) is 4.99 Å². The first-order chi connectivity index (χ1) is 12.3. The molecule has 6 nitrogen and oxygen atoms in total. The van der Waals surface area contributed by atoms with E-state index in [1.807, 2.05) is 24.0 Å². The minimum Gasteiger partial charge on any atom is -0.381 e. The maximum Gasteiger partial charge on any atom is 0.193 e. The van der Waals surface area contributed by atoms with Gasteiger partial charge in [-0.15, -0.1) is 24.0 Å². The van der Waals surface area contributed by atoms with Crippen molar-refractivity contribution in [2.75, 3.05) is 33.4 Å². The molecular formula is C19H26IN5O. The number of nitrogens with one attached hydrogen (secondary N) is 1.